The summed E-state index contributed by atoms with van der Waals surface area (Å²) in [5.41, 5.74) is 1.34. The van der Waals surface area contributed by atoms with Crippen LogP contribution in [0.5, 0.6) is 5.75 Å². The molecule has 1 saturated carbocycles. The topological polar surface area (TPSA) is 9.23 Å². The number of benzene rings is 1. The molecule has 1 nitrogen and oxygen atoms in total. The summed E-state index contributed by atoms with van der Waals surface area (Å²) >= 11 is 0. The first kappa shape index (κ1) is 12.5. The molecule has 2 rings (SSSR count). The lowest BCUT2D eigenvalue weighted by Gasteiger charge is -2.20. The van der Waals surface area contributed by atoms with Crippen LogP contribution in [0.25, 0.3) is 0 Å². The van der Waals surface area contributed by atoms with E-state index in [1.165, 1.54) is 44.1 Å². The normalized spacial score (nSPS) is 18.1. The van der Waals surface area contributed by atoms with Crippen molar-refractivity contribution in [1.29, 1.82) is 0 Å². The van der Waals surface area contributed by atoms with Crippen molar-refractivity contribution in [2.24, 2.45) is 0 Å². The van der Waals surface area contributed by atoms with Crippen LogP contribution in [0, 0.1) is 0 Å². The van der Waals surface area contributed by atoms with Gasteiger partial charge in [0.1, 0.15) is 5.75 Å². The molecule has 0 aromatic heterocycles. The van der Waals surface area contributed by atoms with Gasteiger partial charge in [-0.2, -0.15) is 0 Å². The van der Waals surface area contributed by atoms with Gasteiger partial charge in [0.15, 0.2) is 0 Å². The van der Waals surface area contributed by atoms with Crippen LogP contribution in [0.1, 0.15) is 63.9 Å². The van der Waals surface area contributed by atoms with E-state index in [0.717, 1.165) is 5.75 Å². The average Bonchev–Trinajstić information content (AvgIpc) is 2.58. The molecule has 1 aromatic rings. The number of rotatable bonds is 3. The Kier molecular flexibility index (Phi) is 4.47. The highest BCUT2D eigenvalue weighted by atomic mass is 16.5. The van der Waals surface area contributed by atoms with Crippen molar-refractivity contribution < 1.29 is 4.74 Å². The Morgan fingerprint density at radius 1 is 1.00 bits per heavy atom. The summed E-state index contributed by atoms with van der Waals surface area (Å²) in [6, 6.07) is 8.50. The van der Waals surface area contributed by atoms with E-state index >= 15 is 0 Å². The van der Waals surface area contributed by atoms with Crippen LogP contribution in [0.2, 0.25) is 0 Å². The van der Waals surface area contributed by atoms with Gasteiger partial charge in [0.2, 0.25) is 0 Å². The fraction of sp³-hybridized carbons (Fsp3) is 0.625. The fourth-order valence-electron chi connectivity index (χ4n) is 2.60. The number of hydrogen-bond donors (Lipinski definition) is 0. The van der Waals surface area contributed by atoms with Crippen molar-refractivity contribution in [2.75, 3.05) is 0 Å². The Balaban J connectivity index is 2.06. The summed E-state index contributed by atoms with van der Waals surface area (Å²) in [4.78, 5) is 0. The molecule has 0 saturated heterocycles. The van der Waals surface area contributed by atoms with Crippen molar-refractivity contribution >= 4 is 0 Å². The zero-order valence-corrected chi connectivity index (χ0v) is 11.1. The minimum Gasteiger partial charge on any atom is -0.490 e. The Bertz CT molecular complexity index is 335. The predicted molar refractivity (Wildman–Crippen MR) is 72.6 cm³/mol. The smallest absolute Gasteiger partial charge is 0.123 e. The minimum absolute atomic E-state index is 0.442. The SMILES string of the molecule is CC(C)c1ccccc1OC1CCCCCC1. The van der Waals surface area contributed by atoms with E-state index in [9.17, 15) is 0 Å². The van der Waals surface area contributed by atoms with Crippen LogP contribution in [-0.4, -0.2) is 6.10 Å². The second-order valence-electron chi connectivity index (χ2n) is 5.42. The highest BCUT2D eigenvalue weighted by Crippen LogP contribution is 2.29. The van der Waals surface area contributed by atoms with E-state index in [0.29, 0.717) is 12.0 Å². The van der Waals surface area contributed by atoms with Crippen LogP contribution in [-0.2, 0) is 0 Å². The van der Waals surface area contributed by atoms with Crippen LogP contribution >= 0.6 is 0 Å². The van der Waals surface area contributed by atoms with Crippen molar-refractivity contribution in [1.82, 2.24) is 0 Å². The summed E-state index contributed by atoms with van der Waals surface area (Å²) in [5.74, 6) is 1.64. The summed E-state index contributed by atoms with van der Waals surface area (Å²) < 4.78 is 6.23. The molecule has 1 fully saturated rings. The lowest BCUT2D eigenvalue weighted by Crippen LogP contribution is -2.16. The molecule has 0 spiro atoms. The fourth-order valence-corrected chi connectivity index (χ4v) is 2.60. The second-order valence-corrected chi connectivity index (χ2v) is 5.42. The maximum absolute atomic E-state index is 6.23. The third-order valence-corrected chi connectivity index (χ3v) is 3.64. The highest BCUT2D eigenvalue weighted by Gasteiger charge is 2.15. The first-order valence-corrected chi connectivity index (χ1v) is 7.03. The molecule has 1 aliphatic rings. The van der Waals surface area contributed by atoms with E-state index in [1.807, 2.05) is 0 Å². The monoisotopic (exact) mass is 232 g/mol. The molecular weight excluding hydrogens is 208 g/mol. The lowest BCUT2D eigenvalue weighted by atomic mass is 10.0. The number of ether oxygens (including phenoxy) is 1. The molecule has 0 radical (unpaired) electrons. The van der Waals surface area contributed by atoms with Gasteiger partial charge in [-0.05, 0) is 43.2 Å². The molecule has 0 amide bonds. The van der Waals surface area contributed by atoms with E-state index < -0.39 is 0 Å². The van der Waals surface area contributed by atoms with Gasteiger partial charge >= 0.3 is 0 Å². The molecule has 17 heavy (non-hydrogen) atoms. The molecule has 94 valence electrons. The summed E-state index contributed by atoms with van der Waals surface area (Å²) in [7, 11) is 0. The minimum atomic E-state index is 0.442. The van der Waals surface area contributed by atoms with Crippen LogP contribution in [0.4, 0.5) is 0 Å². The Morgan fingerprint density at radius 3 is 2.29 bits per heavy atom. The van der Waals surface area contributed by atoms with Crippen molar-refractivity contribution in [3.8, 4) is 5.75 Å². The largest absolute Gasteiger partial charge is 0.490 e. The first-order chi connectivity index (χ1) is 8.27. The molecule has 0 unspecified atom stereocenters. The third-order valence-electron chi connectivity index (χ3n) is 3.64. The first-order valence-electron chi connectivity index (χ1n) is 7.03. The van der Waals surface area contributed by atoms with Crippen LogP contribution < -0.4 is 4.74 Å². The number of para-hydroxylation sites is 1. The molecule has 1 heteroatoms. The van der Waals surface area contributed by atoms with Gasteiger partial charge < -0.3 is 4.74 Å². The summed E-state index contributed by atoms with van der Waals surface area (Å²) in [6.07, 6.45) is 8.32. The second kappa shape index (κ2) is 6.09. The molecule has 0 heterocycles. The van der Waals surface area contributed by atoms with Gasteiger partial charge in [0.05, 0.1) is 6.10 Å². The van der Waals surface area contributed by atoms with Crippen molar-refractivity contribution in [3.63, 3.8) is 0 Å². The van der Waals surface area contributed by atoms with E-state index in [2.05, 4.69) is 38.1 Å². The van der Waals surface area contributed by atoms with E-state index in [4.69, 9.17) is 4.74 Å². The highest BCUT2D eigenvalue weighted by molar-refractivity contribution is 5.35. The van der Waals surface area contributed by atoms with Gasteiger partial charge in [0.25, 0.3) is 0 Å². The van der Waals surface area contributed by atoms with E-state index in [1.54, 1.807) is 0 Å². The van der Waals surface area contributed by atoms with E-state index in [-0.39, 0.29) is 0 Å². The third kappa shape index (κ3) is 3.49. The van der Waals surface area contributed by atoms with Crippen LogP contribution in [0.15, 0.2) is 24.3 Å². The molecular formula is C16H24O. The maximum Gasteiger partial charge on any atom is 0.123 e. The summed E-state index contributed by atoms with van der Waals surface area (Å²) in [6.45, 7) is 4.46. The Hall–Kier alpha value is -0.980. The molecule has 0 atom stereocenters. The van der Waals surface area contributed by atoms with Crippen LogP contribution in [0.3, 0.4) is 0 Å². The molecule has 0 aliphatic heterocycles. The molecule has 1 aliphatic carbocycles. The quantitative estimate of drug-likeness (QED) is 0.673. The Labute approximate surface area is 105 Å². The Morgan fingerprint density at radius 2 is 1.65 bits per heavy atom. The number of hydrogen-bond acceptors (Lipinski definition) is 1. The molecule has 1 aromatic carbocycles. The molecule has 0 N–H and O–H groups in total. The van der Waals surface area contributed by atoms with Crippen molar-refractivity contribution in [2.45, 2.75) is 64.4 Å². The zero-order valence-electron chi connectivity index (χ0n) is 11.1. The average molecular weight is 232 g/mol. The standard InChI is InChI=1S/C16H24O/c1-13(2)15-11-7-8-12-16(15)17-14-9-5-3-4-6-10-14/h7-8,11-14H,3-6,9-10H2,1-2H3. The predicted octanol–water partition coefficient (Wildman–Crippen LogP) is 4.91. The van der Waals surface area contributed by atoms with Gasteiger partial charge in [-0.15, -0.1) is 0 Å². The van der Waals surface area contributed by atoms with Gasteiger partial charge in [0, 0.05) is 0 Å². The van der Waals surface area contributed by atoms with Gasteiger partial charge in [-0.25, -0.2) is 0 Å². The van der Waals surface area contributed by atoms with Gasteiger partial charge in [-0.3, -0.25) is 0 Å². The lowest BCUT2D eigenvalue weighted by molar-refractivity contribution is 0.181. The van der Waals surface area contributed by atoms with Gasteiger partial charge in [-0.1, -0.05) is 44.9 Å². The van der Waals surface area contributed by atoms with Crippen molar-refractivity contribution in [3.05, 3.63) is 29.8 Å². The molecule has 0 bridgehead atoms. The summed E-state index contributed by atoms with van der Waals surface area (Å²) in [5, 5.41) is 0. The maximum atomic E-state index is 6.23. The zero-order chi connectivity index (χ0) is 12.1.